The first-order chi connectivity index (χ1) is 7.70. The summed E-state index contributed by atoms with van der Waals surface area (Å²) in [6, 6.07) is 6.73. The van der Waals surface area contributed by atoms with Gasteiger partial charge in [-0.3, -0.25) is 0 Å². The maximum absolute atomic E-state index is 5.40. The van der Waals surface area contributed by atoms with E-state index in [9.17, 15) is 0 Å². The van der Waals surface area contributed by atoms with E-state index in [1.807, 2.05) is 0 Å². The zero-order valence-electron chi connectivity index (χ0n) is 10.4. The van der Waals surface area contributed by atoms with Crippen LogP contribution in [0, 0.1) is 12.8 Å². The minimum Gasteiger partial charge on any atom is -0.496 e. The quantitative estimate of drug-likeness (QED) is 0.821. The lowest BCUT2D eigenvalue weighted by Crippen LogP contribution is -2.21. The van der Waals surface area contributed by atoms with Gasteiger partial charge >= 0.3 is 0 Å². The van der Waals surface area contributed by atoms with Gasteiger partial charge < -0.3 is 10.1 Å². The predicted molar refractivity (Wildman–Crippen MR) is 66.9 cm³/mol. The van der Waals surface area contributed by atoms with E-state index in [1.165, 1.54) is 24.0 Å². The summed E-state index contributed by atoms with van der Waals surface area (Å²) in [5.41, 5.74) is 2.55. The third-order valence-electron chi connectivity index (χ3n) is 3.26. The van der Waals surface area contributed by atoms with Crippen LogP contribution in [0.1, 0.15) is 36.9 Å². The van der Waals surface area contributed by atoms with Crippen LogP contribution in [-0.2, 0) is 0 Å². The summed E-state index contributed by atoms with van der Waals surface area (Å²) in [5.74, 6) is 1.90. The summed E-state index contributed by atoms with van der Waals surface area (Å²) in [7, 11) is 1.74. The summed E-state index contributed by atoms with van der Waals surface area (Å²) >= 11 is 0. The molecule has 1 aliphatic carbocycles. The average Bonchev–Trinajstić information content (AvgIpc) is 3.09. The molecule has 1 saturated carbocycles. The number of benzene rings is 1. The molecule has 1 fully saturated rings. The van der Waals surface area contributed by atoms with Crippen LogP contribution in [0.15, 0.2) is 18.2 Å². The van der Waals surface area contributed by atoms with Gasteiger partial charge in [0.05, 0.1) is 7.11 Å². The van der Waals surface area contributed by atoms with Crippen molar-refractivity contribution >= 4 is 0 Å². The Hall–Kier alpha value is -1.02. The Morgan fingerprint density at radius 2 is 2.19 bits per heavy atom. The fourth-order valence-electron chi connectivity index (χ4n) is 1.97. The first-order valence-electron chi connectivity index (χ1n) is 6.08. The van der Waals surface area contributed by atoms with Crippen molar-refractivity contribution < 1.29 is 4.74 Å². The average molecular weight is 219 g/mol. The van der Waals surface area contributed by atoms with Crippen LogP contribution in [-0.4, -0.2) is 13.7 Å². The van der Waals surface area contributed by atoms with E-state index in [0.717, 1.165) is 18.2 Å². The predicted octanol–water partition coefficient (Wildman–Crippen LogP) is 3.06. The van der Waals surface area contributed by atoms with E-state index in [1.54, 1.807) is 7.11 Å². The van der Waals surface area contributed by atoms with Crippen molar-refractivity contribution in [1.29, 1.82) is 0 Å². The van der Waals surface area contributed by atoms with Gasteiger partial charge in [-0.05, 0) is 45.2 Å². The number of ether oxygens (including phenoxy) is 1. The summed E-state index contributed by atoms with van der Waals surface area (Å²) in [6.45, 7) is 5.47. The summed E-state index contributed by atoms with van der Waals surface area (Å²) in [6.07, 6.45) is 2.79. The lowest BCUT2D eigenvalue weighted by molar-refractivity contribution is 0.401. The molecule has 0 aromatic heterocycles. The molecule has 2 heteroatoms. The van der Waals surface area contributed by atoms with Gasteiger partial charge in [0.1, 0.15) is 5.75 Å². The standard InChI is InChI=1S/C14H21NO/c1-10-4-7-14(16-3)13(8-10)11(2)15-9-12-5-6-12/h4,7-8,11-12,15H,5-6,9H2,1-3H3. The van der Waals surface area contributed by atoms with Crippen molar-refractivity contribution in [2.75, 3.05) is 13.7 Å². The van der Waals surface area contributed by atoms with E-state index in [-0.39, 0.29) is 0 Å². The van der Waals surface area contributed by atoms with Gasteiger partial charge in [-0.15, -0.1) is 0 Å². The highest BCUT2D eigenvalue weighted by Crippen LogP contribution is 2.30. The highest BCUT2D eigenvalue weighted by atomic mass is 16.5. The van der Waals surface area contributed by atoms with E-state index in [2.05, 4.69) is 37.4 Å². The van der Waals surface area contributed by atoms with Gasteiger partial charge in [0.15, 0.2) is 0 Å². The fourth-order valence-corrected chi connectivity index (χ4v) is 1.97. The smallest absolute Gasteiger partial charge is 0.123 e. The van der Waals surface area contributed by atoms with E-state index in [4.69, 9.17) is 4.74 Å². The molecule has 2 rings (SSSR count). The Morgan fingerprint density at radius 1 is 1.44 bits per heavy atom. The third kappa shape index (κ3) is 2.76. The Morgan fingerprint density at radius 3 is 2.81 bits per heavy atom. The number of hydrogen-bond acceptors (Lipinski definition) is 2. The number of rotatable bonds is 5. The van der Waals surface area contributed by atoms with Crippen molar-refractivity contribution in [2.24, 2.45) is 5.92 Å². The molecule has 0 amide bonds. The highest BCUT2D eigenvalue weighted by Gasteiger charge is 2.22. The highest BCUT2D eigenvalue weighted by molar-refractivity contribution is 5.38. The molecule has 2 nitrogen and oxygen atoms in total. The van der Waals surface area contributed by atoms with Crippen LogP contribution in [0.3, 0.4) is 0 Å². The SMILES string of the molecule is COc1ccc(C)cc1C(C)NCC1CC1. The van der Waals surface area contributed by atoms with Crippen LogP contribution in [0.2, 0.25) is 0 Å². The maximum atomic E-state index is 5.40. The molecule has 0 heterocycles. The molecule has 0 aliphatic heterocycles. The van der Waals surface area contributed by atoms with Crippen molar-refractivity contribution in [3.8, 4) is 5.75 Å². The lowest BCUT2D eigenvalue weighted by atomic mass is 10.0. The Bertz CT molecular complexity index is 358. The molecule has 1 aliphatic rings. The second-order valence-corrected chi connectivity index (χ2v) is 4.82. The van der Waals surface area contributed by atoms with Gasteiger partial charge in [0.25, 0.3) is 0 Å². The van der Waals surface area contributed by atoms with Gasteiger partial charge in [-0.2, -0.15) is 0 Å². The lowest BCUT2D eigenvalue weighted by Gasteiger charge is -2.17. The molecule has 16 heavy (non-hydrogen) atoms. The van der Waals surface area contributed by atoms with Gasteiger partial charge in [0.2, 0.25) is 0 Å². The molecule has 1 atom stereocenters. The minimum atomic E-state index is 0.371. The van der Waals surface area contributed by atoms with Gasteiger partial charge in [-0.25, -0.2) is 0 Å². The Labute approximate surface area is 98.0 Å². The van der Waals surface area contributed by atoms with E-state index >= 15 is 0 Å². The molecule has 1 unspecified atom stereocenters. The zero-order valence-corrected chi connectivity index (χ0v) is 10.4. The molecule has 0 bridgehead atoms. The summed E-state index contributed by atoms with van der Waals surface area (Å²) in [5, 5.41) is 3.58. The van der Waals surface area contributed by atoms with E-state index < -0.39 is 0 Å². The molecule has 0 spiro atoms. The van der Waals surface area contributed by atoms with Crippen LogP contribution >= 0.6 is 0 Å². The number of aryl methyl sites for hydroxylation is 1. The van der Waals surface area contributed by atoms with Crippen LogP contribution in [0.25, 0.3) is 0 Å². The van der Waals surface area contributed by atoms with Gasteiger partial charge in [0, 0.05) is 11.6 Å². The van der Waals surface area contributed by atoms with Crippen molar-refractivity contribution in [3.63, 3.8) is 0 Å². The largest absolute Gasteiger partial charge is 0.496 e. The first kappa shape index (κ1) is 11.5. The molecule has 1 aromatic rings. The Balaban J connectivity index is 2.06. The molecular formula is C14H21NO. The second-order valence-electron chi connectivity index (χ2n) is 4.82. The van der Waals surface area contributed by atoms with Crippen molar-refractivity contribution in [1.82, 2.24) is 5.32 Å². The monoisotopic (exact) mass is 219 g/mol. The number of hydrogen-bond donors (Lipinski definition) is 1. The van der Waals surface area contributed by atoms with Crippen LogP contribution in [0.5, 0.6) is 5.75 Å². The molecule has 0 radical (unpaired) electrons. The Kier molecular flexibility index (Phi) is 3.49. The summed E-state index contributed by atoms with van der Waals surface area (Å²) < 4.78 is 5.40. The molecule has 1 aromatic carbocycles. The third-order valence-corrected chi connectivity index (χ3v) is 3.26. The molecule has 1 N–H and O–H groups in total. The van der Waals surface area contributed by atoms with Crippen molar-refractivity contribution in [3.05, 3.63) is 29.3 Å². The van der Waals surface area contributed by atoms with Crippen LogP contribution < -0.4 is 10.1 Å². The second kappa shape index (κ2) is 4.88. The number of nitrogens with one attached hydrogen (secondary N) is 1. The van der Waals surface area contributed by atoms with Crippen molar-refractivity contribution in [2.45, 2.75) is 32.7 Å². The maximum Gasteiger partial charge on any atom is 0.123 e. The summed E-state index contributed by atoms with van der Waals surface area (Å²) in [4.78, 5) is 0. The first-order valence-corrected chi connectivity index (χ1v) is 6.08. The number of methoxy groups -OCH3 is 1. The van der Waals surface area contributed by atoms with Crippen LogP contribution in [0.4, 0.5) is 0 Å². The fraction of sp³-hybridized carbons (Fsp3) is 0.571. The minimum absolute atomic E-state index is 0.371. The molecular weight excluding hydrogens is 198 g/mol. The zero-order chi connectivity index (χ0) is 11.5. The topological polar surface area (TPSA) is 21.3 Å². The normalized spacial score (nSPS) is 17.2. The van der Waals surface area contributed by atoms with E-state index in [0.29, 0.717) is 6.04 Å². The van der Waals surface area contributed by atoms with Gasteiger partial charge in [-0.1, -0.05) is 17.7 Å². The molecule has 88 valence electrons. The molecule has 0 saturated heterocycles.